The van der Waals surface area contributed by atoms with Crippen molar-refractivity contribution in [2.45, 2.75) is 12.5 Å². The summed E-state index contributed by atoms with van der Waals surface area (Å²) < 4.78 is 0. The van der Waals surface area contributed by atoms with E-state index in [4.69, 9.17) is 11.6 Å². The highest BCUT2D eigenvalue weighted by Gasteiger charge is 2.39. The first kappa shape index (κ1) is 11.1. The van der Waals surface area contributed by atoms with Crippen LogP contribution in [0.1, 0.15) is 18.0 Å². The maximum Gasteiger partial charge on any atom is 0.337 e. The van der Waals surface area contributed by atoms with Gasteiger partial charge in [-0.1, -0.05) is 30.3 Å². The average molecular weight is 239 g/mol. The highest BCUT2D eigenvalue weighted by molar-refractivity contribution is 6.64. The van der Waals surface area contributed by atoms with Gasteiger partial charge in [-0.3, -0.25) is 9.59 Å². The Morgan fingerprint density at radius 1 is 1.38 bits per heavy atom. The standard InChI is InChI=1S/C11H11ClN2O2/c1-13-9(8-5-3-2-4-6-8)7-10(15)14(13)11(12)16/h2-6,9H,7H2,1H3. The van der Waals surface area contributed by atoms with Gasteiger partial charge in [0.15, 0.2) is 0 Å². The van der Waals surface area contributed by atoms with Crippen LogP contribution < -0.4 is 0 Å². The molecule has 0 aromatic heterocycles. The van der Waals surface area contributed by atoms with Gasteiger partial charge in [-0.15, -0.1) is 0 Å². The van der Waals surface area contributed by atoms with Gasteiger partial charge >= 0.3 is 5.37 Å². The molecule has 0 N–H and O–H groups in total. The molecule has 2 amide bonds. The summed E-state index contributed by atoms with van der Waals surface area (Å²) in [5.41, 5.74) is 0.999. The predicted molar refractivity (Wildman–Crippen MR) is 59.7 cm³/mol. The van der Waals surface area contributed by atoms with E-state index in [0.717, 1.165) is 10.6 Å². The summed E-state index contributed by atoms with van der Waals surface area (Å²) in [4.78, 5) is 22.7. The lowest BCUT2D eigenvalue weighted by Crippen LogP contribution is -2.38. The van der Waals surface area contributed by atoms with Crippen molar-refractivity contribution in [3.05, 3.63) is 35.9 Å². The number of halogens is 1. The zero-order chi connectivity index (χ0) is 11.7. The first-order valence-electron chi connectivity index (χ1n) is 4.91. The molecule has 1 aromatic rings. The number of rotatable bonds is 1. The van der Waals surface area contributed by atoms with E-state index in [-0.39, 0.29) is 18.4 Å². The SMILES string of the molecule is CN1C(c2ccccc2)CC(=O)N1C(=O)Cl. The van der Waals surface area contributed by atoms with Crippen LogP contribution in [0.3, 0.4) is 0 Å². The van der Waals surface area contributed by atoms with Crippen molar-refractivity contribution in [2.75, 3.05) is 7.05 Å². The van der Waals surface area contributed by atoms with Crippen molar-refractivity contribution in [1.82, 2.24) is 10.0 Å². The summed E-state index contributed by atoms with van der Waals surface area (Å²) in [7, 11) is 1.68. The smallest absolute Gasteiger partial charge is 0.273 e. The molecule has 1 unspecified atom stereocenters. The zero-order valence-corrected chi connectivity index (χ0v) is 9.52. The topological polar surface area (TPSA) is 40.6 Å². The minimum Gasteiger partial charge on any atom is -0.273 e. The lowest BCUT2D eigenvalue weighted by molar-refractivity contribution is -0.130. The molecule has 0 aliphatic carbocycles. The van der Waals surface area contributed by atoms with Crippen molar-refractivity contribution in [3.63, 3.8) is 0 Å². The van der Waals surface area contributed by atoms with Gasteiger partial charge in [-0.25, -0.2) is 5.01 Å². The van der Waals surface area contributed by atoms with Gasteiger partial charge in [0.2, 0.25) is 5.91 Å². The lowest BCUT2D eigenvalue weighted by Gasteiger charge is -2.24. The number of benzene rings is 1. The van der Waals surface area contributed by atoms with Crippen LogP contribution in [0.15, 0.2) is 30.3 Å². The first-order chi connectivity index (χ1) is 7.61. The quantitative estimate of drug-likeness (QED) is 0.556. The highest BCUT2D eigenvalue weighted by atomic mass is 35.5. The molecule has 5 heteroatoms. The molecule has 0 radical (unpaired) electrons. The zero-order valence-electron chi connectivity index (χ0n) is 8.76. The third kappa shape index (κ3) is 1.81. The van der Waals surface area contributed by atoms with Gasteiger partial charge in [-0.05, 0) is 17.2 Å². The molecular weight excluding hydrogens is 228 g/mol. The van der Waals surface area contributed by atoms with Crippen molar-refractivity contribution in [1.29, 1.82) is 0 Å². The van der Waals surface area contributed by atoms with Gasteiger partial charge in [0, 0.05) is 7.05 Å². The minimum absolute atomic E-state index is 0.114. The van der Waals surface area contributed by atoms with Crippen LogP contribution >= 0.6 is 11.6 Å². The number of hydrogen-bond donors (Lipinski definition) is 0. The third-order valence-corrected chi connectivity index (χ3v) is 2.88. The van der Waals surface area contributed by atoms with Crippen LogP contribution in [0, 0.1) is 0 Å². The molecule has 1 saturated heterocycles. The maximum absolute atomic E-state index is 11.6. The van der Waals surface area contributed by atoms with Gasteiger partial charge in [-0.2, -0.15) is 5.01 Å². The second-order valence-electron chi connectivity index (χ2n) is 3.66. The molecular formula is C11H11ClN2O2. The minimum atomic E-state index is -0.758. The Morgan fingerprint density at radius 3 is 2.50 bits per heavy atom. The van der Waals surface area contributed by atoms with Gasteiger partial charge < -0.3 is 0 Å². The fourth-order valence-electron chi connectivity index (χ4n) is 1.93. The molecule has 1 aliphatic heterocycles. The Balaban J connectivity index is 2.27. The Labute approximate surface area is 98.4 Å². The molecule has 1 fully saturated rings. The second kappa shape index (κ2) is 4.23. The van der Waals surface area contributed by atoms with Crippen molar-refractivity contribution in [2.24, 2.45) is 0 Å². The molecule has 2 rings (SSSR count). The summed E-state index contributed by atoms with van der Waals surface area (Å²) in [6.45, 7) is 0. The number of amides is 2. The Bertz CT molecular complexity index is 421. The summed E-state index contributed by atoms with van der Waals surface area (Å²) in [5.74, 6) is -0.267. The predicted octanol–water partition coefficient (Wildman–Crippen LogP) is 2.17. The maximum atomic E-state index is 11.6. The highest BCUT2D eigenvalue weighted by Crippen LogP contribution is 2.32. The van der Waals surface area contributed by atoms with E-state index in [1.165, 1.54) is 0 Å². The van der Waals surface area contributed by atoms with Crippen molar-refractivity contribution >= 4 is 22.9 Å². The summed E-state index contributed by atoms with van der Waals surface area (Å²) in [6.07, 6.45) is 0.277. The number of carbonyl (C=O) groups excluding carboxylic acids is 2. The monoisotopic (exact) mass is 238 g/mol. The van der Waals surface area contributed by atoms with Gasteiger partial charge in [0.1, 0.15) is 0 Å². The van der Waals surface area contributed by atoms with E-state index in [1.807, 2.05) is 30.3 Å². The van der Waals surface area contributed by atoms with Gasteiger partial charge in [0.05, 0.1) is 12.5 Å². The molecule has 16 heavy (non-hydrogen) atoms. The van der Waals surface area contributed by atoms with Gasteiger partial charge in [0.25, 0.3) is 0 Å². The summed E-state index contributed by atoms with van der Waals surface area (Å²) in [5, 5.41) is 1.79. The van der Waals surface area contributed by atoms with Crippen LogP contribution in [0.5, 0.6) is 0 Å². The fraction of sp³-hybridized carbons (Fsp3) is 0.273. The van der Waals surface area contributed by atoms with Crippen LogP contribution in [0.4, 0.5) is 4.79 Å². The second-order valence-corrected chi connectivity index (χ2v) is 3.99. The molecule has 4 nitrogen and oxygen atoms in total. The van der Waals surface area contributed by atoms with E-state index in [2.05, 4.69) is 0 Å². The molecule has 1 aromatic carbocycles. The Kier molecular flexibility index (Phi) is 2.94. The molecule has 1 aliphatic rings. The largest absolute Gasteiger partial charge is 0.337 e. The molecule has 1 heterocycles. The Morgan fingerprint density at radius 2 is 2.00 bits per heavy atom. The van der Waals surface area contributed by atoms with Crippen LogP contribution in [0.2, 0.25) is 0 Å². The third-order valence-electron chi connectivity index (χ3n) is 2.72. The summed E-state index contributed by atoms with van der Waals surface area (Å²) in [6, 6.07) is 9.45. The van der Waals surface area contributed by atoms with E-state index >= 15 is 0 Å². The number of hydrogen-bond acceptors (Lipinski definition) is 3. The van der Waals surface area contributed by atoms with Crippen LogP contribution in [-0.2, 0) is 4.79 Å². The van der Waals surface area contributed by atoms with Crippen molar-refractivity contribution in [3.8, 4) is 0 Å². The number of imide groups is 1. The number of hydrazine groups is 1. The Hall–Kier alpha value is -1.39. The van der Waals surface area contributed by atoms with E-state index < -0.39 is 5.37 Å². The van der Waals surface area contributed by atoms with Crippen LogP contribution in [-0.4, -0.2) is 28.3 Å². The average Bonchev–Trinajstić information content (AvgIpc) is 2.55. The molecule has 0 bridgehead atoms. The molecule has 0 spiro atoms. The molecule has 0 saturated carbocycles. The van der Waals surface area contributed by atoms with Crippen molar-refractivity contribution < 1.29 is 9.59 Å². The number of carbonyl (C=O) groups is 2. The lowest BCUT2D eigenvalue weighted by atomic mass is 10.1. The fourth-order valence-corrected chi connectivity index (χ4v) is 2.14. The number of nitrogens with zero attached hydrogens (tertiary/aromatic N) is 2. The van der Waals surface area contributed by atoms with E-state index in [9.17, 15) is 9.59 Å². The van der Waals surface area contributed by atoms with Crippen LogP contribution in [0.25, 0.3) is 0 Å². The van der Waals surface area contributed by atoms with E-state index in [0.29, 0.717) is 0 Å². The molecule has 1 atom stereocenters. The first-order valence-corrected chi connectivity index (χ1v) is 5.29. The van der Waals surface area contributed by atoms with E-state index in [1.54, 1.807) is 12.1 Å². The summed E-state index contributed by atoms with van der Waals surface area (Å²) >= 11 is 5.35. The molecule has 84 valence electrons. The normalized spacial score (nSPS) is 21.5.